The third kappa shape index (κ3) is 9.13. The van der Waals surface area contributed by atoms with Crippen molar-refractivity contribution >= 4 is 0 Å². The van der Waals surface area contributed by atoms with Crippen molar-refractivity contribution in [2.45, 2.75) is 65.3 Å². The third-order valence-corrected chi connectivity index (χ3v) is 2.35. The molecule has 16 heavy (non-hydrogen) atoms. The Morgan fingerprint density at radius 1 is 1.00 bits per heavy atom. The summed E-state index contributed by atoms with van der Waals surface area (Å²) in [6.07, 6.45) is 1.03. The van der Waals surface area contributed by atoms with Gasteiger partial charge < -0.3 is 14.2 Å². The van der Waals surface area contributed by atoms with Gasteiger partial charge in [-0.2, -0.15) is 0 Å². The summed E-state index contributed by atoms with van der Waals surface area (Å²) in [5.41, 5.74) is -0.228. The van der Waals surface area contributed by atoms with E-state index >= 15 is 0 Å². The van der Waals surface area contributed by atoms with Crippen LogP contribution in [0.1, 0.15) is 48.0 Å². The Bertz CT molecular complexity index is 182. The maximum absolute atomic E-state index is 5.79. The average molecular weight is 232 g/mol. The van der Waals surface area contributed by atoms with Crippen LogP contribution in [0.4, 0.5) is 0 Å². The lowest BCUT2D eigenvalue weighted by atomic mass is 10.1. The van der Waals surface area contributed by atoms with Gasteiger partial charge in [0.05, 0.1) is 23.9 Å². The summed E-state index contributed by atoms with van der Waals surface area (Å²) in [5, 5.41) is 0. The molecule has 0 saturated carbocycles. The molecule has 0 saturated heterocycles. The molecule has 1 unspecified atom stereocenters. The molecule has 0 radical (unpaired) electrons. The van der Waals surface area contributed by atoms with E-state index in [-0.39, 0.29) is 17.3 Å². The summed E-state index contributed by atoms with van der Waals surface area (Å²) >= 11 is 0. The number of hydrogen-bond donors (Lipinski definition) is 0. The molecular weight excluding hydrogens is 204 g/mol. The van der Waals surface area contributed by atoms with E-state index in [1.807, 2.05) is 6.92 Å². The summed E-state index contributed by atoms with van der Waals surface area (Å²) in [6, 6.07) is 0. The van der Waals surface area contributed by atoms with E-state index in [2.05, 4.69) is 34.6 Å². The van der Waals surface area contributed by atoms with Crippen LogP contribution in [0.3, 0.4) is 0 Å². The van der Waals surface area contributed by atoms with Gasteiger partial charge in [-0.1, -0.05) is 0 Å². The Balaban J connectivity index is 3.78. The van der Waals surface area contributed by atoms with Crippen LogP contribution in [0.5, 0.6) is 0 Å². The molecule has 0 aliphatic heterocycles. The highest BCUT2D eigenvalue weighted by Gasteiger charge is 2.21. The van der Waals surface area contributed by atoms with Crippen LogP contribution in [0, 0.1) is 0 Å². The van der Waals surface area contributed by atoms with E-state index in [1.54, 1.807) is 7.11 Å². The molecule has 0 aliphatic rings. The minimum absolute atomic E-state index is 0.0735. The third-order valence-electron chi connectivity index (χ3n) is 2.35. The van der Waals surface area contributed by atoms with Crippen molar-refractivity contribution in [2.24, 2.45) is 0 Å². The highest BCUT2D eigenvalue weighted by molar-refractivity contribution is 4.70. The zero-order valence-corrected chi connectivity index (χ0v) is 11.9. The van der Waals surface area contributed by atoms with Crippen LogP contribution < -0.4 is 0 Å². The summed E-state index contributed by atoms with van der Waals surface area (Å²) in [6.45, 7) is 13.7. The highest BCUT2D eigenvalue weighted by atomic mass is 16.5. The molecule has 0 aromatic rings. The quantitative estimate of drug-likeness (QED) is 0.675. The Morgan fingerprint density at radius 2 is 1.56 bits per heavy atom. The summed E-state index contributed by atoms with van der Waals surface area (Å²) in [7, 11) is 1.70. The summed E-state index contributed by atoms with van der Waals surface area (Å²) in [4.78, 5) is 0. The topological polar surface area (TPSA) is 27.7 Å². The van der Waals surface area contributed by atoms with E-state index in [0.29, 0.717) is 6.61 Å². The Kier molecular flexibility index (Phi) is 6.53. The fraction of sp³-hybridized carbons (Fsp3) is 1.00. The van der Waals surface area contributed by atoms with Gasteiger partial charge >= 0.3 is 0 Å². The van der Waals surface area contributed by atoms with Gasteiger partial charge in [0, 0.05) is 13.7 Å². The molecular formula is C13H28O3. The molecule has 0 N–H and O–H groups in total. The molecule has 0 spiro atoms. The van der Waals surface area contributed by atoms with Gasteiger partial charge in [-0.15, -0.1) is 0 Å². The average Bonchev–Trinajstić information content (AvgIpc) is 2.12. The molecule has 3 heteroatoms. The number of methoxy groups -OCH3 is 1. The second kappa shape index (κ2) is 6.58. The first kappa shape index (κ1) is 15.9. The molecule has 0 rings (SSSR count). The second-order valence-electron chi connectivity index (χ2n) is 5.83. The predicted molar refractivity (Wildman–Crippen MR) is 66.8 cm³/mol. The van der Waals surface area contributed by atoms with Gasteiger partial charge in [-0.3, -0.25) is 0 Å². The van der Waals surface area contributed by atoms with Crippen LogP contribution in [0.15, 0.2) is 0 Å². The maximum Gasteiger partial charge on any atom is 0.0776 e. The van der Waals surface area contributed by atoms with Gasteiger partial charge in [0.15, 0.2) is 0 Å². The Morgan fingerprint density at radius 3 is 2.00 bits per heavy atom. The smallest absolute Gasteiger partial charge is 0.0776 e. The summed E-state index contributed by atoms with van der Waals surface area (Å²) < 4.78 is 16.6. The van der Waals surface area contributed by atoms with Crippen molar-refractivity contribution in [1.82, 2.24) is 0 Å². The molecule has 0 aliphatic carbocycles. The van der Waals surface area contributed by atoms with Crippen molar-refractivity contribution in [1.29, 1.82) is 0 Å². The van der Waals surface area contributed by atoms with Crippen LogP contribution >= 0.6 is 0 Å². The van der Waals surface area contributed by atoms with Crippen molar-refractivity contribution in [3.05, 3.63) is 0 Å². The van der Waals surface area contributed by atoms with Crippen molar-refractivity contribution in [2.75, 3.05) is 20.3 Å². The maximum atomic E-state index is 5.79. The molecule has 0 aromatic carbocycles. The van der Waals surface area contributed by atoms with Gasteiger partial charge in [0.25, 0.3) is 0 Å². The van der Waals surface area contributed by atoms with E-state index in [4.69, 9.17) is 14.2 Å². The number of hydrogen-bond acceptors (Lipinski definition) is 3. The van der Waals surface area contributed by atoms with Gasteiger partial charge in [0.2, 0.25) is 0 Å². The predicted octanol–water partition coefficient (Wildman–Crippen LogP) is 3.02. The Labute approximate surface area is 100 Å². The van der Waals surface area contributed by atoms with Crippen LogP contribution in [0.25, 0.3) is 0 Å². The molecule has 3 nitrogen and oxygen atoms in total. The summed E-state index contributed by atoms with van der Waals surface area (Å²) in [5.74, 6) is 0. The monoisotopic (exact) mass is 232 g/mol. The van der Waals surface area contributed by atoms with E-state index in [0.717, 1.165) is 13.0 Å². The van der Waals surface area contributed by atoms with Crippen LogP contribution in [-0.2, 0) is 14.2 Å². The first-order chi connectivity index (χ1) is 7.16. The van der Waals surface area contributed by atoms with E-state index in [1.165, 1.54) is 0 Å². The lowest BCUT2D eigenvalue weighted by Crippen LogP contribution is -2.32. The second-order valence-corrected chi connectivity index (χ2v) is 5.83. The molecule has 0 fully saturated rings. The molecule has 0 aromatic heterocycles. The normalized spacial score (nSPS) is 15.2. The highest BCUT2D eigenvalue weighted by Crippen LogP contribution is 2.17. The van der Waals surface area contributed by atoms with Crippen LogP contribution in [0.2, 0.25) is 0 Å². The largest absolute Gasteiger partial charge is 0.379 e. The molecule has 98 valence electrons. The lowest BCUT2D eigenvalue weighted by molar-refractivity contribution is -0.0905. The number of ether oxygens (including phenoxy) is 3. The Hall–Kier alpha value is -0.120. The molecule has 0 heterocycles. The van der Waals surface area contributed by atoms with Gasteiger partial charge in [0.1, 0.15) is 0 Å². The molecule has 0 amide bonds. The molecule has 1 atom stereocenters. The van der Waals surface area contributed by atoms with Gasteiger partial charge in [-0.25, -0.2) is 0 Å². The SMILES string of the molecule is COC(C)COC(C)(C)CCOC(C)(C)C. The van der Waals surface area contributed by atoms with E-state index < -0.39 is 0 Å². The zero-order chi connectivity index (χ0) is 12.8. The minimum Gasteiger partial charge on any atom is -0.379 e. The van der Waals surface area contributed by atoms with Crippen LogP contribution in [-0.4, -0.2) is 37.6 Å². The lowest BCUT2D eigenvalue weighted by Gasteiger charge is -2.28. The van der Waals surface area contributed by atoms with E-state index in [9.17, 15) is 0 Å². The zero-order valence-electron chi connectivity index (χ0n) is 11.9. The minimum atomic E-state index is -0.155. The van der Waals surface area contributed by atoms with Crippen molar-refractivity contribution in [3.63, 3.8) is 0 Å². The van der Waals surface area contributed by atoms with Crippen molar-refractivity contribution < 1.29 is 14.2 Å². The fourth-order valence-electron chi connectivity index (χ4n) is 1.09. The first-order valence-corrected chi connectivity index (χ1v) is 5.97. The first-order valence-electron chi connectivity index (χ1n) is 5.97. The van der Waals surface area contributed by atoms with Crippen molar-refractivity contribution in [3.8, 4) is 0 Å². The number of rotatable bonds is 7. The molecule has 0 bridgehead atoms. The fourth-order valence-corrected chi connectivity index (χ4v) is 1.09. The standard InChI is InChI=1S/C13H28O3/c1-11(14-7)10-16-13(5,6)8-9-15-12(2,3)4/h11H,8-10H2,1-7H3. The van der Waals surface area contributed by atoms with Gasteiger partial charge in [-0.05, 0) is 48.0 Å².